The first-order valence-corrected chi connectivity index (χ1v) is 10.7. The minimum atomic E-state index is -3.18. The van der Waals surface area contributed by atoms with Crippen LogP contribution in [0, 0.1) is 11.3 Å². The molecule has 1 aromatic rings. The molecule has 5 heteroatoms. The van der Waals surface area contributed by atoms with Crippen LogP contribution >= 0.6 is 0 Å². The van der Waals surface area contributed by atoms with Crippen LogP contribution in [0.2, 0.25) is 0 Å². The van der Waals surface area contributed by atoms with Crippen molar-refractivity contribution in [1.82, 2.24) is 9.62 Å². The molecule has 136 valence electrons. The van der Waals surface area contributed by atoms with Crippen LogP contribution in [0.15, 0.2) is 24.3 Å². The fraction of sp³-hybridized carbons (Fsp3) is 0.684. The Kier molecular flexibility index (Phi) is 6.10. The van der Waals surface area contributed by atoms with Crippen molar-refractivity contribution in [3.63, 3.8) is 0 Å². The normalized spacial score (nSPS) is 19.4. The van der Waals surface area contributed by atoms with E-state index in [0.29, 0.717) is 5.41 Å². The molecule has 4 nitrogen and oxygen atoms in total. The van der Waals surface area contributed by atoms with Crippen LogP contribution in [0.5, 0.6) is 0 Å². The van der Waals surface area contributed by atoms with E-state index in [-0.39, 0.29) is 6.04 Å². The fourth-order valence-corrected chi connectivity index (χ4v) is 4.29. The van der Waals surface area contributed by atoms with Crippen molar-refractivity contribution in [2.45, 2.75) is 53.1 Å². The number of sulfonamides is 1. The molecule has 0 aliphatic carbocycles. The molecular weight excluding hydrogens is 320 g/mol. The molecule has 1 aliphatic heterocycles. The molecule has 1 atom stereocenters. The van der Waals surface area contributed by atoms with E-state index in [0.717, 1.165) is 31.1 Å². The third kappa shape index (κ3) is 5.87. The fourth-order valence-electron chi connectivity index (χ4n) is 3.52. The van der Waals surface area contributed by atoms with Crippen molar-refractivity contribution >= 4 is 10.0 Å². The van der Waals surface area contributed by atoms with Crippen LogP contribution in [-0.4, -0.2) is 32.7 Å². The second-order valence-corrected chi connectivity index (χ2v) is 10.0. The highest BCUT2D eigenvalue weighted by molar-refractivity contribution is 7.88. The summed E-state index contributed by atoms with van der Waals surface area (Å²) < 4.78 is 25.3. The number of nitrogens with zero attached hydrogens (tertiary/aromatic N) is 1. The van der Waals surface area contributed by atoms with Crippen LogP contribution in [0.4, 0.5) is 0 Å². The Hall–Kier alpha value is -0.910. The molecule has 1 saturated heterocycles. The predicted molar refractivity (Wildman–Crippen MR) is 100 cm³/mol. The topological polar surface area (TPSA) is 49.4 Å². The molecule has 0 radical (unpaired) electrons. The standard InChI is InChI=1S/C19H32N2O2S/c1-15(20-24(5,22)23)17-8-6-16(7-9-17)14-21-12-10-18(11-13-21)19(2,3)4/h6-9,15,18,20H,10-14H2,1-5H3/t15-/m1/s1. The quantitative estimate of drug-likeness (QED) is 0.881. The first-order valence-electron chi connectivity index (χ1n) is 8.83. The molecule has 0 bridgehead atoms. The maximum atomic E-state index is 11.3. The van der Waals surface area contributed by atoms with Gasteiger partial charge in [0.1, 0.15) is 0 Å². The number of benzene rings is 1. The lowest BCUT2D eigenvalue weighted by atomic mass is 9.75. The van der Waals surface area contributed by atoms with E-state index in [9.17, 15) is 8.42 Å². The highest BCUT2D eigenvalue weighted by Crippen LogP contribution is 2.34. The lowest BCUT2D eigenvalue weighted by Gasteiger charge is -2.38. The van der Waals surface area contributed by atoms with E-state index >= 15 is 0 Å². The van der Waals surface area contributed by atoms with Crippen LogP contribution < -0.4 is 4.72 Å². The first kappa shape index (κ1) is 19.4. The molecule has 1 aliphatic rings. The molecule has 0 amide bonds. The molecule has 1 aromatic carbocycles. The number of hydrogen-bond donors (Lipinski definition) is 1. The summed E-state index contributed by atoms with van der Waals surface area (Å²) in [5.41, 5.74) is 2.70. The summed E-state index contributed by atoms with van der Waals surface area (Å²) in [6.45, 7) is 12.2. The third-order valence-electron chi connectivity index (χ3n) is 5.09. The highest BCUT2D eigenvalue weighted by atomic mass is 32.2. The van der Waals surface area contributed by atoms with E-state index in [1.54, 1.807) is 0 Å². The third-order valence-corrected chi connectivity index (χ3v) is 5.87. The minimum absolute atomic E-state index is 0.198. The molecule has 1 fully saturated rings. The van der Waals surface area contributed by atoms with Crippen LogP contribution in [0.1, 0.15) is 57.7 Å². The van der Waals surface area contributed by atoms with Crippen molar-refractivity contribution in [2.24, 2.45) is 11.3 Å². The number of hydrogen-bond acceptors (Lipinski definition) is 3. The van der Waals surface area contributed by atoms with Crippen LogP contribution in [0.3, 0.4) is 0 Å². The number of rotatable bonds is 5. The summed E-state index contributed by atoms with van der Waals surface area (Å²) in [4.78, 5) is 2.52. The van der Waals surface area contributed by atoms with E-state index in [1.165, 1.54) is 24.7 Å². The van der Waals surface area contributed by atoms with Crippen molar-refractivity contribution in [3.05, 3.63) is 35.4 Å². The zero-order chi connectivity index (χ0) is 18.0. The number of nitrogens with one attached hydrogen (secondary N) is 1. The Morgan fingerprint density at radius 1 is 1.17 bits per heavy atom. The predicted octanol–water partition coefficient (Wildman–Crippen LogP) is 3.55. The van der Waals surface area contributed by atoms with Gasteiger partial charge in [-0.3, -0.25) is 4.90 Å². The molecule has 1 heterocycles. The Morgan fingerprint density at radius 2 is 1.71 bits per heavy atom. The Balaban J connectivity index is 1.89. The van der Waals surface area contributed by atoms with Gasteiger partial charge < -0.3 is 0 Å². The molecule has 0 saturated carbocycles. The summed E-state index contributed by atoms with van der Waals surface area (Å²) in [6.07, 6.45) is 3.74. The summed E-state index contributed by atoms with van der Waals surface area (Å²) in [7, 11) is -3.18. The van der Waals surface area contributed by atoms with Gasteiger partial charge in [-0.1, -0.05) is 45.0 Å². The second kappa shape index (κ2) is 7.54. The molecule has 0 unspecified atom stereocenters. The molecule has 1 N–H and O–H groups in total. The van der Waals surface area contributed by atoms with Gasteiger partial charge in [-0.15, -0.1) is 0 Å². The monoisotopic (exact) mass is 352 g/mol. The van der Waals surface area contributed by atoms with E-state index in [1.807, 2.05) is 19.1 Å². The molecule has 2 rings (SSSR count). The summed E-state index contributed by atoms with van der Waals surface area (Å²) >= 11 is 0. The van der Waals surface area contributed by atoms with Crippen LogP contribution in [0.25, 0.3) is 0 Å². The van der Waals surface area contributed by atoms with Gasteiger partial charge in [-0.2, -0.15) is 0 Å². The summed E-state index contributed by atoms with van der Waals surface area (Å²) in [5.74, 6) is 0.819. The van der Waals surface area contributed by atoms with Gasteiger partial charge in [0.05, 0.1) is 6.26 Å². The zero-order valence-electron chi connectivity index (χ0n) is 15.7. The second-order valence-electron chi connectivity index (χ2n) is 8.27. The SMILES string of the molecule is C[C@@H](NS(C)(=O)=O)c1ccc(CN2CCC(C(C)(C)C)CC2)cc1. The Labute approximate surface area is 147 Å². The van der Waals surface area contributed by atoms with Crippen LogP contribution in [-0.2, 0) is 16.6 Å². The van der Waals surface area contributed by atoms with E-state index in [2.05, 4.69) is 42.5 Å². The average Bonchev–Trinajstić information content (AvgIpc) is 2.46. The first-order chi connectivity index (χ1) is 11.0. The molecule has 0 spiro atoms. The Morgan fingerprint density at radius 3 is 2.17 bits per heavy atom. The van der Waals surface area contributed by atoms with Gasteiger partial charge in [-0.05, 0) is 55.3 Å². The van der Waals surface area contributed by atoms with Gasteiger partial charge in [0.25, 0.3) is 0 Å². The lowest BCUT2D eigenvalue weighted by molar-refractivity contribution is 0.108. The maximum absolute atomic E-state index is 11.3. The van der Waals surface area contributed by atoms with E-state index < -0.39 is 10.0 Å². The summed E-state index contributed by atoms with van der Waals surface area (Å²) in [5, 5.41) is 0. The van der Waals surface area contributed by atoms with Crippen molar-refractivity contribution in [3.8, 4) is 0 Å². The Bertz CT molecular complexity index is 624. The molecular formula is C19H32N2O2S. The largest absolute Gasteiger partial charge is 0.299 e. The molecule has 0 aromatic heterocycles. The van der Waals surface area contributed by atoms with Gasteiger partial charge in [0.15, 0.2) is 0 Å². The van der Waals surface area contributed by atoms with Gasteiger partial charge in [0.2, 0.25) is 10.0 Å². The van der Waals surface area contributed by atoms with Crippen molar-refractivity contribution in [2.75, 3.05) is 19.3 Å². The van der Waals surface area contributed by atoms with Crippen molar-refractivity contribution < 1.29 is 8.42 Å². The maximum Gasteiger partial charge on any atom is 0.209 e. The zero-order valence-corrected chi connectivity index (χ0v) is 16.5. The lowest BCUT2D eigenvalue weighted by Crippen LogP contribution is -2.37. The average molecular weight is 353 g/mol. The van der Waals surface area contributed by atoms with Gasteiger partial charge in [-0.25, -0.2) is 13.1 Å². The van der Waals surface area contributed by atoms with Gasteiger partial charge >= 0.3 is 0 Å². The number of piperidine rings is 1. The van der Waals surface area contributed by atoms with Gasteiger partial charge in [0, 0.05) is 12.6 Å². The van der Waals surface area contributed by atoms with E-state index in [4.69, 9.17) is 0 Å². The molecule has 24 heavy (non-hydrogen) atoms. The van der Waals surface area contributed by atoms with Crippen molar-refractivity contribution in [1.29, 1.82) is 0 Å². The number of likely N-dealkylation sites (tertiary alicyclic amines) is 1. The smallest absolute Gasteiger partial charge is 0.209 e. The highest BCUT2D eigenvalue weighted by Gasteiger charge is 2.28. The summed E-state index contributed by atoms with van der Waals surface area (Å²) in [6, 6.07) is 8.09. The minimum Gasteiger partial charge on any atom is -0.299 e.